The third kappa shape index (κ3) is 3.11. The summed E-state index contributed by atoms with van der Waals surface area (Å²) >= 11 is 1.77. The largest absolute Gasteiger partial charge is 0.373 e. The Bertz CT molecular complexity index is 467. The van der Waals surface area contributed by atoms with Gasteiger partial charge in [0.25, 0.3) is 0 Å². The van der Waals surface area contributed by atoms with Gasteiger partial charge in [-0.3, -0.25) is 0 Å². The average molecular weight is 273 g/mol. The van der Waals surface area contributed by atoms with E-state index < -0.39 is 10.0 Å². The third-order valence-electron chi connectivity index (χ3n) is 2.55. The predicted octanol–water partition coefficient (Wildman–Crippen LogP) is 0.907. The number of pyridine rings is 1. The molecule has 94 valence electrons. The molecule has 7 heteroatoms. The maximum Gasteiger partial charge on any atom is 0.242 e. The van der Waals surface area contributed by atoms with Gasteiger partial charge < -0.3 is 5.32 Å². The number of sulfonamides is 1. The smallest absolute Gasteiger partial charge is 0.242 e. The SMILES string of the molecule is CNc1ccc(S(=O)(=O)NC2CCSC2)cn1. The molecule has 0 radical (unpaired) electrons. The fraction of sp³-hybridized carbons (Fsp3) is 0.500. The van der Waals surface area contributed by atoms with Crippen molar-refractivity contribution in [2.45, 2.75) is 17.4 Å². The maximum atomic E-state index is 12.0. The van der Waals surface area contributed by atoms with Gasteiger partial charge in [0.05, 0.1) is 0 Å². The molecule has 1 aromatic rings. The van der Waals surface area contributed by atoms with Crippen molar-refractivity contribution in [3.05, 3.63) is 18.3 Å². The van der Waals surface area contributed by atoms with Gasteiger partial charge in [0.2, 0.25) is 10.0 Å². The van der Waals surface area contributed by atoms with Gasteiger partial charge >= 0.3 is 0 Å². The highest BCUT2D eigenvalue weighted by atomic mass is 32.2. The van der Waals surface area contributed by atoms with E-state index >= 15 is 0 Å². The molecular weight excluding hydrogens is 258 g/mol. The zero-order chi connectivity index (χ0) is 12.3. The minimum Gasteiger partial charge on any atom is -0.373 e. The van der Waals surface area contributed by atoms with Gasteiger partial charge in [0.15, 0.2) is 0 Å². The molecule has 1 aromatic heterocycles. The lowest BCUT2D eigenvalue weighted by molar-refractivity contribution is 0.563. The number of aromatic nitrogens is 1. The summed E-state index contributed by atoms with van der Waals surface area (Å²) < 4.78 is 26.7. The van der Waals surface area contributed by atoms with Gasteiger partial charge in [-0.25, -0.2) is 18.1 Å². The zero-order valence-electron chi connectivity index (χ0n) is 9.51. The van der Waals surface area contributed by atoms with E-state index in [1.54, 1.807) is 30.9 Å². The Morgan fingerprint density at radius 2 is 2.29 bits per heavy atom. The van der Waals surface area contributed by atoms with Crippen LogP contribution in [0, 0.1) is 0 Å². The van der Waals surface area contributed by atoms with Crippen LogP contribution in [0.1, 0.15) is 6.42 Å². The van der Waals surface area contributed by atoms with Crippen LogP contribution in [0.5, 0.6) is 0 Å². The van der Waals surface area contributed by atoms with Crippen LogP contribution in [-0.2, 0) is 10.0 Å². The molecule has 1 fully saturated rings. The molecule has 1 saturated heterocycles. The molecule has 0 aliphatic carbocycles. The summed E-state index contributed by atoms with van der Waals surface area (Å²) in [6, 6.07) is 3.26. The van der Waals surface area contributed by atoms with Gasteiger partial charge in [-0.15, -0.1) is 0 Å². The molecule has 0 saturated carbocycles. The second kappa shape index (κ2) is 5.24. The Balaban J connectivity index is 2.12. The summed E-state index contributed by atoms with van der Waals surface area (Å²) in [6.45, 7) is 0. The molecule has 1 atom stereocenters. The maximum absolute atomic E-state index is 12.0. The van der Waals surface area contributed by atoms with Crippen LogP contribution in [0.2, 0.25) is 0 Å². The van der Waals surface area contributed by atoms with E-state index in [0.29, 0.717) is 5.82 Å². The number of thioether (sulfide) groups is 1. The minimum atomic E-state index is -3.42. The number of nitrogens with zero attached hydrogens (tertiary/aromatic N) is 1. The van der Waals surface area contributed by atoms with Gasteiger partial charge in [0, 0.05) is 25.0 Å². The van der Waals surface area contributed by atoms with Gasteiger partial charge in [-0.2, -0.15) is 11.8 Å². The first-order valence-corrected chi connectivity index (χ1v) is 7.99. The van der Waals surface area contributed by atoms with E-state index in [-0.39, 0.29) is 10.9 Å². The summed E-state index contributed by atoms with van der Waals surface area (Å²) in [4.78, 5) is 4.22. The van der Waals surface area contributed by atoms with Crippen LogP contribution in [-0.4, -0.2) is 38.0 Å². The van der Waals surface area contributed by atoms with E-state index in [1.165, 1.54) is 6.20 Å². The number of hydrogen-bond acceptors (Lipinski definition) is 5. The minimum absolute atomic E-state index is 0.0500. The Hall–Kier alpha value is -0.790. The van der Waals surface area contributed by atoms with Crippen LogP contribution in [0.15, 0.2) is 23.2 Å². The molecule has 0 spiro atoms. The van der Waals surface area contributed by atoms with Crippen LogP contribution in [0.4, 0.5) is 5.82 Å². The highest BCUT2D eigenvalue weighted by molar-refractivity contribution is 7.99. The van der Waals surface area contributed by atoms with E-state index in [1.807, 2.05) is 0 Å². The molecule has 2 N–H and O–H groups in total. The summed E-state index contributed by atoms with van der Waals surface area (Å²) in [5.41, 5.74) is 0. The molecule has 2 heterocycles. The quantitative estimate of drug-likeness (QED) is 0.853. The standard InChI is InChI=1S/C10H15N3O2S2/c1-11-10-3-2-9(6-12-10)17(14,15)13-8-4-5-16-7-8/h2-3,6,8,13H,4-5,7H2,1H3,(H,11,12). The molecular formula is C10H15N3O2S2. The van der Waals surface area contributed by atoms with Crippen molar-refractivity contribution in [3.63, 3.8) is 0 Å². The molecule has 0 aromatic carbocycles. The van der Waals surface area contributed by atoms with Crippen molar-refractivity contribution in [1.29, 1.82) is 0 Å². The number of rotatable bonds is 4. The summed E-state index contributed by atoms with van der Waals surface area (Å²) in [5.74, 6) is 2.52. The fourth-order valence-corrected chi connectivity index (χ4v) is 4.07. The van der Waals surface area contributed by atoms with E-state index in [2.05, 4.69) is 15.0 Å². The van der Waals surface area contributed by atoms with Crippen LogP contribution >= 0.6 is 11.8 Å². The first kappa shape index (κ1) is 12.7. The molecule has 1 aliphatic heterocycles. The van der Waals surface area contributed by atoms with Crippen LogP contribution < -0.4 is 10.0 Å². The molecule has 17 heavy (non-hydrogen) atoms. The highest BCUT2D eigenvalue weighted by Gasteiger charge is 2.23. The van der Waals surface area contributed by atoms with E-state index in [9.17, 15) is 8.42 Å². The lowest BCUT2D eigenvalue weighted by atomic mass is 10.3. The third-order valence-corrected chi connectivity index (χ3v) is 5.22. The van der Waals surface area contributed by atoms with Crippen molar-refractivity contribution in [2.24, 2.45) is 0 Å². The fourth-order valence-electron chi connectivity index (χ4n) is 1.60. The second-order valence-electron chi connectivity index (χ2n) is 3.81. The van der Waals surface area contributed by atoms with Gasteiger partial charge in [0.1, 0.15) is 10.7 Å². The van der Waals surface area contributed by atoms with E-state index in [4.69, 9.17) is 0 Å². The first-order valence-electron chi connectivity index (χ1n) is 5.36. The van der Waals surface area contributed by atoms with Gasteiger partial charge in [-0.05, 0) is 24.3 Å². The number of nitrogens with one attached hydrogen (secondary N) is 2. The van der Waals surface area contributed by atoms with Crippen molar-refractivity contribution in [1.82, 2.24) is 9.71 Å². The Labute approximate surface area is 105 Å². The molecule has 5 nitrogen and oxygen atoms in total. The first-order chi connectivity index (χ1) is 8.12. The summed E-state index contributed by atoms with van der Waals surface area (Å²) in [5, 5.41) is 2.85. The summed E-state index contributed by atoms with van der Waals surface area (Å²) in [6.07, 6.45) is 2.27. The lowest BCUT2D eigenvalue weighted by Crippen LogP contribution is -2.34. The van der Waals surface area contributed by atoms with Crippen molar-refractivity contribution in [3.8, 4) is 0 Å². The van der Waals surface area contributed by atoms with Crippen LogP contribution in [0.25, 0.3) is 0 Å². The molecule has 1 aliphatic rings. The Morgan fingerprint density at radius 3 is 2.82 bits per heavy atom. The predicted molar refractivity (Wildman–Crippen MR) is 69.8 cm³/mol. The monoisotopic (exact) mass is 273 g/mol. The van der Waals surface area contributed by atoms with Crippen LogP contribution in [0.3, 0.4) is 0 Å². The van der Waals surface area contributed by atoms with Crippen molar-refractivity contribution in [2.75, 3.05) is 23.9 Å². The zero-order valence-corrected chi connectivity index (χ0v) is 11.1. The lowest BCUT2D eigenvalue weighted by Gasteiger charge is -2.11. The van der Waals surface area contributed by atoms with Crippen molar-refractivity contribution >= 4 is 27.6 Å². The number of anilines is 1. The Morgan fingerprint density at radius 1 is 1.47 bits per heavy atom. The summed E-state index contributed by atoms with van der Waals surface area (Å²) in [7, 11) is -1.68. The normalized spacial score (nSPS) is 20.4. The molecule has 0 amide bonds. The van der Waals surface area contributed by atoms with E-state index in [0.717, 1.165) is 17.9 Å². The second-order valence-corrected chi connectivity index (χ2v) is 6.67. The average Bonchev–Trinajstić information content (AvgIpc) is 2.81. The Kier molecular flexibility index (Phi) is 3.90. The topological polar surface area (TPSA) is 71.1 Å². The highest BCUT2D eigenvalue weighted by Crippen LogP contribution is 2.19. The van der Waals surface area contributed by atoms with Crippen molar-refractivity contribution < 1.29 is 8.42 Å². The number of hydrogen-bond donors (Lipinski definition) is 2. The molecule has 0 bridgehead atoms. The molecule has 2 rings (SSSR count). The molecule has 1 unspecified atom stereocenters. The van der Waals surface area contributed by atoms with Gasteiger partial charge in [-0.1, -0.05) is 0 Å².